The van der Waals surface area contributed by atoms with Gasteiger partial charge < -0.3 is 18.8 Å². The van der Waals surface area contributed by atoms with E-state index in [1.165, 1.54) is 11.2 Å². The highest BCUT2D eigenvalue weighted by molar-refractivity contribution is 6.36. The maximum atomic E-state index is 13.7. The Kier molecular flexibility index (Phi) is 5.38. The second-order valence-corrected chi connectivity index (χ2v) is 7.95. The van der Waals surface area contributed by atoms with Crippen LogP contribution in [0.1, 0.15) is 23.3 Å². The average Bonchev–Trinajstić information content (AvgIpc) is 3.45. The number of carbonyl (C=O) groups excluding carboxylic acids is 2. The molecule has 7 heteroatoms. The number of hydrogen-bond donors (Lipinski definition) is 0. The highest BCUT2D eigenvalue weighted by Gasteiger charge is 2.43. The monoisotopic (exact) mass is 444 g/mol. The van der Waals surface area contributed by atoms with Crippen LogP contribution in [-0.4, -0.2) is 37.5 Å². The van der Waals surface area contributed by atoms with Crippen LogP contribution < -0.4 is 14.4 Å². The lowest BCUT2D eigenvalue weighted by Crippen LogP contribution is -2.36. The second kappa shape index (κ2) is 8.50. The van der Waals surface area contributed by atoms with Crippen molar-refractivity contribution in [1.29, 1.82) is 0 Å². The summed E-state index contributed by atoms with van der Waals surface area (Å²) in [5.41, 5.74) is 3.45. The molecule has 0 unspecified atom stereocenters. The number of fused-ring (bicyclic) bond motifs is 1. The molecule has 3 heterocycles. The third-order valence-corrected chi connectivity index (χ3v) is 6.09. The number of imide groups is 1. The fourth-order valence-electron chi connectivity index (χ4n) is 4.53. The van der Waals surface area contributed by atoms with E-state index in [4.69, 9.17) is 13.9 Å². The van der Waals surface area contributed by atoms with Crippen LogP contribution in [0.25, 0.3) is 5.57 Å². The lowest BCUT2D eigenvalue weighted by atomic mass is 9.98. The van der Waals surface area contributed by atoms with Crippen LogP contribution in [0, 0.1) is 0 Å². The number of benzene rings is 2. The Morgan fingerprint density at radius 3 is 2.52 bits per heavy atom. The summed E-state index contributed by atoms with van der Waals surface area (Å²) >= 11 is 0. The molecule has 0 atom stereocenters. The number of ether oxygens (including phenoxy) is 2. The molecule has 0 fully saturated rings. The molecule has 7 nitrogen and oxygen atoms in total. The molecule has 0 aliphatic carbocycles. The van der Waals surface area contributed by atoms with Gasteiger partial charge in [-0.25, -0.2) is 0 Å². The number of furan rings is 1. The fourth-order valence-corrected chi connectivity index (χ4v) is 4.53. The summed E-state index contributed by atoms with van der Waals surface area (Å²) in [6.07, 6.45) is 3.36. The Morgan fingerprint density at radius 2 is 1.76 bits per heavy atom. The van der Waals surface area contributed by atoms with Crippen LogP contribution in [0.5, 0.6) is 11.5 Å². The number of para-hydroxylation sites is 1. The topological polar surface area (TPSA) is 72.2 Å². The highest BCUT2D eigenvalue weighted by atomic mass is 16.5. The summed E-state index contributed by atoms with van der Waals surface area (Å²) in [5.74, 6) is 0.893. The number of aryl methyl sites for hydroxylation is 1. The smallest absolute Gasteiger partial charge is 0.278 e. The van der Waals surface area contributed by atoms with Gasteiger partial charge in [0.2, 0.25) is 0 Å². The fraction of sp³-hybridized carbons (Fsp3) is 0.231. The number of hydrogen-bond acceptors (Lipinski definition) is 6. The number of nitrogens with zero attached hydrogens (tertiary/aromatic N) is 2. The second-order valence-electron chi connectivity index (χ2n) is 7.95. The van der Waals surface area contributed by atoms with Crippen LogP contribution in [0.15, 0.2) is 71.0 Å². The van der Waals surface area contributed by atoms with Crippen molar-refractivity contribution in [3.63, 3.8) is 0 Å². The summed E-state index contributed by atoms with van der Waals surface area (Å²) in [6, 6.07) is 16.8. The maximum absolute atomic E-state index is 13.7. The first-order chi connectivity index (χ1) is 16.1. The van der Waals surface area contributed by atoms with Gasteiger partial charge in [0, 0.05) is 12.2 Å². The third kappa shape index (κ3) is 3.55. The minimum atomic E-state index is -0.360. The molecule has 0 spiro atoms. The summed E-state index contributed by atoms with van der Waals surface area (Å²) in [6.45, 7) is 0.719. The van der Waals surface area contributed by atoms with E-state index in [2.05, 4.69) is 6.07 Å². The van der Waals surface area contributed by atoms with Crippen LogP contribution in [0.3, 0.4) is 0 Å². The van der Waals surface area contributed by atoms with E-state index in [0.717, 1.165) is 24.1 Å². The molecule has 33 heavy (non-hydrogen) atoms. The zero-order valence-corrected chi connectivity index (χ0v) is 18.5. The zero-order valence-electron chi connectivity index (χ0n) is 18.5. The van der Waals surface area contributed by atoms with Gasteiger partial charge in [-0.1, -0.05) is 24.3 Å². The molecule has 2 aromatic carbocycles. The summed E-state index contributed by atoms with van der Waals surface area (Å²) in [7, 11) is 3.10. The van der Waals surface area contributed by atoms with Crippen LogP contribution in [0.2, 0.25) is 0 Å². The van der Waals surface area contributed by atoms with E-state index in [1.54, 1.807) is 44.6 Å². The largest absolute Gasteiger partial charge is 0.493 e. The van der Waals surface area contributed by atoms with Crippen molar-refractivity contribution in [2.24, 2.45) is 0 Å². The molecule has 0 N–H and O–H groups in total. The van der Waals surface area contributed by atoms with Crippen molar-refractivity contribution in [2.75, 3.05) is 25.7 Å². The summed E-state index contributed by atoms with van der Waals surface area (Å²) in [4.78, 5) is 30.6. The van der Waals surface area contributed by atoms with Crippen LogP contribution in [-0.2, 0) is 22.6 Å². The molecule has 2 aliphatic rings. The number of methoxy groups -OCH3 is 2. The minimum Gasteiger partial charge on any atom is -0.493 e. The van der Waals surface area contributed by atoms with Gasteiger partial charge in [-0.05, 0) is 54.3 Å². The van der Waals surface area contributed by atoms with Crippen molar-refractivity contribution < 1.29 is 23.5 Å². The Hall–Kier alpha value is -4.00. The van der Waals surface area contributed by atoms with Crippen LogP contribution in [0.4, 0.5) is 5.69 Å². The first-order valence-electron chi connectivity index (χ1n) is 10.8. The first-order valence-corrected chi connectivity index (χ1v) is 10.8. The van der Waals surface area contributed by atoms with Crippen molar-refractivity contribution >= 4 is 23.1 Å². The predicted octanol–water partition coefficient (Wildman–Crippen LogP) is 4.03. The van der Waals surface area contributed by atoms with E-state index in [-0.39, 0.29) is 18.4 Å². The van der Waals surface area contributed by atoms with Gasteiger partial charge in [-0.3, -0.25) is 14.5 Å². The van der Waals surface area contributed by atoms with Gasteiger partial charge in [0.05, 0.1) is 32.6 Å². The Bertz CT molecular complexity index is 1250. The van der Waals surface area contributed by atoms with Crippen LogP contribution >= 0.6 is 0 Å². The Morgan fingerprint density at radius 1 is 0.939 bits per heavy atom. The first kappa shape index (κ1) is 20.9. The van der Waals surface area contributed by atoms with E-state index < -0.39 is 0 Å². The lowest BCUT2D eigenvalue weighted by Gasteiger charge is -2.32. The molecule has 0 radical (unpaired) electrons. The molecule has 2 aliphatic heterocycles. The van der Waals surface area contributed by atoms with Gasteiger partial charge in [-0.15, -0.1) is 0 Å². The molecule has 3 aromatic rings. The molecule has 0 saturated carbocycles. The van der Waals surface area contributed by atoms with E-state index in [9.17, 15) is 9.59 Å². The van der Waals surface area contributed by atoms with Gasteiger partial charge in [0.25, 0.3) is 11.8 Å². The van der Waals surface area contributed by atoms with Crippen molar-refractivity contribution in [3.8, 4) is 11.5 Å². The predicted molar refractivity (Wildman–Crippen MR) is 123 cm³/mol. The average molecular weight is 444 g/mol. The van der Waals surface area contributed by atoms with E-state index in [0.29, 0.717) is 40.6 Å². The number of rotatable bonds is 6. The summed E-state index contributed by atoms with van der Waals surface area (Å²) in [5, 5.41) is 0. The zero-order chi connectivity index (χ0) is 22.9. The SMILES string of the molecule is COc1ccc(C2=C(N3CCCc4ccccc43)C(=O)N(Cc3ccco3)C2=O)cc1OC. The molecule has 0 saturated heterocycles. The van der Waals surface area contributed by atoms with Gasteiger partial charge in [-0.2, -0.15) is 0 Å². The molecule has 168 valence electrons. The third-order valence-electron chi connectivity index (χ3n) is 6.09. The lowest BCUT2D eigenvalue weighted by molar-refractivity contribution is -0.137. The molecule has 2 amide bonds. The van der Waals surface area contributed by atoms with Crippen molar-refractivity contribution in [1.82, 2.24) is 4.90 Å². The summed E-state index contributed by atoms with van der Waals surface area (Å²) < 4.78 is 16.2. The molecule has 1 aromatic heterocycles. The Balaban J connectivity index is 1.66. The normalized spacial score (nSPS) is 15.8. The van der Waals surface area contributed by atoms with E-state index >= 15 is 0 Å². The minimum absolute atomic E-state index is 0.0699. The molecule has 5 rings (SSSR count). The van der Waals surface area contributed by atoms with E-state index in [1.807, 2.05) is 23.1 Å². The van der Waals surface area contributed by atoms with Gasteiger partial charge in [0.1, 0.15) is 11.5 Å². The quantitative estimate of drug-likeness (QED) is 0.535. The van der Waals surface area contributed by atoms with Crippen molar-refractivity contribution in [3.05, 3.63) is 83.4 Å². The maximum Gasteiger partial charge on any atom is 0.278 e. The van der Waals surface area contributed by atoms with Gasteiger partial charge >= 0.3 is 0 Å². The number of anilines is 1. The molecule has 0 bridgehead atoms. The molecular weight excluding hydrogens is 420 g/mol. The Labute approximate surface area is 191 Å². The highest BCUT2D eigenvalue weighted by Crippen LogP contribution is 2.40. The molecular formula is C26H24N2O5. The number of carbonyl (C=O) groups is 2. The number of amides is 2. The standard InChI is InChI=1S/C26H24N2O5/c1-31-21-12-11-18(15-22(21)32-2)23-24(27-13-5-8-17-7-3-4-10-20(17)27)26(30)28(25(23)29)16-19-9-6-14-33-19/h3-4,6-7,9-12,14-15H,5,8,13,16H2,1-2H3. The van der Waals surface area contributed by atoms with Crippen molar-refractivity contribution in [2.45, 2.75) is 19.4 Å². The van der Waals surface area contributed by atoms with Gasteiger partial charge in [0.15, 0.2) is 11.5 Å².